The van der Waals surface area contributed by atoms with Crippen molar-refractivity contribution in [2.24, 2.45) is 0 Å². The summed E-state index contributed by atoms with van der Waals surface area (Å²) in [5.74, 6) is -0.677. The molecule has 2 amide bonds. The molecule has 2 unspecified atom stereocenters. The minimum atomic E-state index is -0.946. The summed E-state index contributed by atoms with van der Waals surface area (Å²) in [5.41, 5.74) is 4.55. The van der Waals surface area contributed by atoms with Crippen molar-refractivity contribution in [2.45, 2.75) is 65.5 Å². The average Bonchev–Trinajstić information content (AvgIpc) is 2.94. The lowest BCUT2D eigenvalue weighted by atomic mass is 9.79. The monoisotopic (exact) mass is 430 g/mol. The molecule has 1 aromatic carbocycles. The van der Waals surface area contributed by atoms with Crippen LogP contribution in [-0.2, 0) is 14.3 Å². The third kappa shape index (κ3) is 3.75. The van der Waals surface area contributed by atoms with Crippen molar-refractivity contribution in [3.63, 3.8) is 0 Å². The van der Waals surface area contributed by atoms with Crippen LogP contribution in [0.4, 0.5) is 10.5 Å². The molecule has 0 spiro atoms. The number of ether oxygens (including phenoxy) is 1. The first-order valence-electron chi connectivity index (χ1n) is 10.3. The van der Waals surface area contributed by atoms with Crippen LogP contribution in [0.25, 0.3) is 6.08 Å². The first kappa shape index (κ1) is 22.4. The molecule has 162 valence electrons. The van der Waals surface area contributed by atoms with E-state index in [4.69, 9.17) is 0 Å². The van der Waals surface area contributed by atoms with E-state index in [0.29, 0.717) is 10.8 Å². The highest BCUT2D eigenvalue weighted by Crippen LogP contribution is 2.45. The lowest BCUT2D eigenvalue weighted by Gasteiger charge is -2.47. The summed E-state index contributed by atoms with van der Waals surface area (Å²) in [6.07, 6.45) is 2.82. The summed E-state index contributed by atoms with van der Waals surface area (Å²) in [7, 11) is 1.24. The van der Waals surface area contributed by atoms with Crippen molar-refractivity contribution in [3.8, 4) is 0 Å². The Labute approximate surface area is 182 Å². The van der Waals surface area contributed by atoms with Crippen molar-refractivity contribution >= 4 is 40.6 Å². The molecular formula is C23H30N2O4S. The van der Waals surface area contributed by atoms with Gasteiger partial charge in [0.2, 0.25) is 0 Å². The Kier molecular flexibility index (Phi) is 6.05. The second kappa shape index (κ2) is 8.10. The highest BCUT2D eigenvalue weighted by molar-refractivity contribution is 8.18. The Morgan fingerprint density at radius 1 is 1.37 bits per heavy atom. The van der Waals surface area contributed by atoms with E-state index in [1.165, 1.54) is 25.3 Å². The van der Waals surface area contributed by atoms with Gasteiger partial charge in [-0.05, 0) is 93.6 Å². The largest absolute Gasteiger partial charge is 0.467 e. The standard InChI is InChI=1S/C23H30N2O4S/c1-8-24-18-9-13(2)16(10-17(18)14(3)12-23(24,5)6)11-19-20(26)25(22(28)30-19)15(4)21(27)29-7/h9-11,14-15H,8,12H2,1-7H3/b19-11+. The number of carbonyl (C=O) groups excluding carboxylic acids is 3. The first-order chi connectivity index (χ1) is 14.0. The summed E-state index contributed by atoms with van der Waals surface area (Å²) in [5, 5.41) is -0.452. The van der Waals surface area contributed by atoms with E-state index >= 15 is 0 Å². The van der Waals surface area contributed by atoms with Crippen LogP contribution in [0.3, 0.4) is 0 Å². The summed E-state index contributed by atoms with van der Waals surface area (Å²) >= 11 is 0.865. The summed E-state index contributed by atoms with van der Waals surface area (Å²) < 4.78 is 4.69. The van der Waals surface area contributed by atoms with E-state index in [1.807, 2.05) is 6.92 Å². The number of benzene rings is 1. The Hall–Kier alpha value is -2.28. The quantitative estimate of drug-likeness (QED) is 0.509. The molecule has 0 N–H and O–H groups in total. The van der Waals surface area contributed by atoms with Crippen molar-refractivity contribution in [3.05, 3.63) is 33.7 Å². The van der Waals surface area contributed by atoms with Gasteiger partial charge in [-0.25, -0.2) is 4.79 Å². The zero-order chi connectivity index (χ0) is 22.4. The van der Waals surface area contributed by atoms with Crippen LogP contribution >= 0.6 is 11.8 Å². The molecule has 3 rings (SSSR count). The molecule has 30 heavy (non-hydrogen) atoms. The molecule has 1 aromatic rings. The summed E-state index contributed by atoms with van der Waals surface area (Å²) in [6, 6.07) is 3.38. The fourth-order valence-corrected chi connectivity index (χ4v) is 5.53. The van der Waals surface area contributed by atoms with E-state index in [1.54, 1.807) is 6.08 Å². The maximum Gasteiger partial charge on any atom is 0.328 e. The molecule has 0 saturated carbocycles. The van der Waals surface area contributed by atoms with Crippen molar-refractivity contribution in [1.82, 2.24) is 4.90 Å². The number of imide groups is 1. The predicted octanol–water partition coefficient (Wildman–Crippen LogP) is 4.70. The Bertz CT molecular complexity index is 937. The summed E-state index contributed by atoms with van der Waals surface area (Å²) in [6.45, 7) is 13.4. The number of amides is 2. The fraction of sp³-hybridized carbons (Fsp3) is 0.522. The van der Waals surface area contributed by atoms with Gasteiger partial charge >= 0.3 is 5.97 Å². The molecule has 2 atom stereocenters. The molecule has 0 bridgehead atoms. The SMILES string of the molecule is CCN1c2cc(C)c(/C=C3/SC(=O)N(C(C)C(=O)OC)C3=O)cc2C(C)CC1(C)C. The number of carbonyl (C=O) groups is 3. The third-order valence-electron chi connectivity index (χ3n) is 6.13. The smallest absolute Gasteiger partial charge is 0.328 e. The maximum atomic E-state index is 12.8. The van der Waals surface area contributed by atoms with Gasteiger partial charge in [-0.3, -0.25) is 14.5 Å². The van der Waals surface area contributed by atoms with Gasteiger partial charge < -0.3 is 9.64 Å². The predicted molar refractivity (Wildman–Crippen MR) is 121 cm³/mol. The molecule has 2 aliphatic rings. The second-order valence-corrected chi connectivity index (χ2v) is 9.67. The number of fused-ring (bicyclic) bond motifs is 1. The molecule has 2 aliphatic heterocycles. The van der Waals surface area contributed by atoms with E-state index in [-0.39, 0.29) is 5.54 Å². The van der Waals surface area contributed by atoms with Gasteiger partial charge in [-0.2, -0.15) is 0 Å². The van der Waals surface area contributed by atoms with Crippen LogP contribution in [0.2, 0.25) is 0 Å². The number of thioether (sulfide) groups is 1. The number of anilines is 1. The van der Waals surface area contributed by atoms with Crippen LogP contribution in [-0.4, -0.2) is 47.3 Å². The number of esters is 1. The minimum absolute atomic E-state index is 0.0851. The zero-order valence-corrected chi connectivity index (χ0v) is 19.6. The topological polar surface area (TPSA) is 66.9 Å². The van der Waals surface area contributed by atoms with Crippen molar-refractivity contribution in [1.29, 1.82) is 0 Å². The first-order valence-corrected chi connectivity index (χ1v) is 11.1. The molecule has 0 aromatic heterocycles. The van der Waals surface area contributed by atoms with Crippen LogP contribution in [0.1, 0.15) is 63.6 Å². The van der Waals surface area contributed by atoms with E-state index in [2.05, 4.69) is 49.5 Å². The molecule has 6 nitrogen and oxygen atoms in total. The average molecular weight is 431 g/mol. The fourth-order valence-electron chi connectivity index (χ4n) is 4.64. The maximum absolute atomic E-state index is 12.8. The number of hydrogen-bond acceptors (Lipinski definition) is 6. The van der Waals surface area contributed by atoms with Gasteiger partial charge in [0.15, 0.2) is 0 Å². The molecular weight excluding hydrogens is 400 g/mol. The van der Waals surface area contributed by atoms with Crippen LogP contribution in [0.5, 0.6) is 0 Å². The van der Waals surface area contributed by atoms with Crippen LogP contribution < -0.4 is 4.90 Å². The van der Waals surface area contributed by atoms with Gasteiger partial charge in [-0.15, -0.1) is 0 Å². The number of methoxy groups -OCH3 is 1. The Morgan fingerprint density at radius 3 is 2.63 bits per heavy atom. The van der Waals surface area contributed by atoms with Gasteiger partial charge in [0.25, 0.3) is 11.1 Å². The highest BCUT2D eigenvalue weighted by Gasteiger charge is 2.41. The van der Waals surface area contributed by atoms with Gasteiger partial charge in [0, 0.05) is 17.8 Å². The molecule has 1 fully saturated rings. The van der Waals surface area contributed by atoms with Gasteiger partial charge in [-0.1, -0.05) is 6.92 Å². The Balaban J connectivity index is 2.00. The normalized spacial score (nSPS) is 23.0. The lowest BCUT2D eigenvalue weighted by Crippen LogP contribution is -2.48. The van der Waals surface area contributed by atoms with Crippen LogP contribution in [0.15, 0.2) is 17.0 Å². The number of nitrogens with zero attached hydrogens (tertiary/aromatic N) is 2. The molecule has 2 heterocycles. The minimum Gasteiger partial charge on any atom is -0.467 e. The molecule has 1 saturated heterocycles. The highest BCUT2D eigenvalue weighted by atomic mass is 32.2. The van der Waals surface area contributed by atoms with E-state index in [0.717, 1.165) is 40.8 Å². The Morgan fingerprint density at radius 2 is 2.03 bits per heavy atom. The molecule has 0 radical (unpaired) electrons. The summed E-state index contributed by atoms with van der Waals surface area (Å²) in [4.78, 5) is 40.8. The van der Waals surface area contributed by atoms with Crippen molar-refractivity contribution in [2.75, 3.05) is 18.6 Å². The molecule has 7 heteroatoms. The zero-order valence-electron chi connectivity index (χ0n) is 18.7. The van der Waals surface area contributed by atoms with E-state index in [9.17, 15) is 14.4 Å². The molecule has 0 aliphatic carbocycles. The van der Waals surface area contributed by atoms with Gasteiger partial charge in [0.05, 0.1) is 12.0 Å². The number of aryl methyl sites for hydroxylation is 1. The number of hydrogen-bond donors (Lipinski definition) is 0. The van der Waals surface area contributed by atoms with Crippen molar-refractivity contribution < 1.29 is 19.1 Å². The van der Waals surface area contributed by atoms with Crippen LogP contribution in [0, 0.1) is 6.92 Å². The third-order valence-corrected chi connectivity index (χ3v) is 7.01. The lowest BCUT2D eigenvalue weighted by molar-refractivity contribution is -0.148. The number of rotatable bonds is 4. The second-order valence-electron chi connectivity index (χ2n) is 8.68. The van der Waals surface area contributed by atoms with E-state index < -0.39 is 23.2 Å². The van der Waals surface area contributed by atoms with Gasteiger partial charge in [0.1, 0.15) is 6.04 Å².